The van der Waals surface area contributed by atoms with Crippen molar-refractivity contribution in [3.63, 3.8) is 0 Å². The summed E-state index contributed by atoms with van der Waals surface area (Å²) in [6.07, 6.45) is 5.53. The van der Waals surface area contributed by atoms with Crippen LogP contribution in [0.3, 0.4) is 0 Å². The molecule has 1 aromatic heterocycles. The van der Waals surface area contributed by atoms with Crippen molar-refractivity contribution < 1.29 is 9.84 Å². The maximum absolute atomic E-state index is 10.9. The quantitative estimate of drug-likeness (QED) is 0.889. The third-order valence-electron chi connectivity index (χ3n) is 4.27. The number of aromatic nitrogens is 2. The van der Waals surface area contributed by atoms with Crippen molar-refractivity contribution in [2.24, 2.45) is 0 Å². The first-order chi connectivity index (χ1) is 9.12. The van der Waals surface area contributed by atoms with Crippen LogP contribution in [0.25, 0.3) is 0 Å². The first-order valence-electron chi connectivity index (χ1n) is 7.43. The van der Waals surface area contributed by atoms with Gasteiger partial charge in [0.25, 0.3) is 0 Å². The molecule has 0 spiro atoms. The SMILES string of the molecule is CCc1cc(CC2(O)CCCCC2OC)n(CC)n1. The Hall–Kier alpha value is -0.870. The first-order valence-corrected chi connectivity index (χ1v) is 7.43. The van der Waals surface area contributed by atoms with Crippen molar-refractivity contribution in [2.45, 2.75) is 70.6 Å². The number of hydrogen-bond donors (Lipinski definition) is 1. The van der Waals surface area contributed by atoms with Crippen LogP contribution in [0.4, 0.5) is 0 Å². The van der Waals surface area contributed by atoms with Gasteiger partial charge >= 0.3 is 0 Å². The Bertz CT molecular complexity index is 416. The molecule has 1 N–H and O–H groups in total. The van der Waals surface area contributed by atoms with E-state index in [2.05, 4.69) is 25.0 Å². The molecule has 2 rings (SSSR count). The number of nitrogens with zero attached hydrogens (tertiary/aromatic N) is 2. The van der Waals surface area contributed by atoms with Crippen LogP contribution in [0.1, 0.15) is 50.9 Å². The minimum Gasteiger partial charge on any atom is -0.387 e. The first kappa shape index (κ1) is 14.5. The minimum atomic E-state index is -0.731. The molecule has 1 aliphatic rings. The molecule has 2 atom stereocenters. The van der Waals surface area contributed by atoms with E-state index < -0.39 is 5.60 Å². The van der Waals surface area contributed by atoms with Gasteiger partial charge in [-0.05, 0) is 32.3 Å². The van der Waals surface area contributed by atoms with Crippen molar-refractivity contribution in [3.8, 4) is 0 Å². The predicted molar refractivity (Wildman–Crippen MR) is 75.2 cm³/mol. The molecule has 1 aromatic rings. The van der Waals surface area contributed by atoms with Gasteiger partial charge in [0.1, 0.15) is 0 Å². The van der Waals surface area contributed by atoms with Crippen LogP contribution in [0, 0.1) is 0 Å². The molecule has 4 nitrogen and oxygen atoms in total. The highest BCUT2D eigenvalue weighted by atomic mass is 16.5. The number of rotatable bonds is 5. The van der Waals surface area contributed by atoms with E-state index in [1.165, 1.54) is 0 Å². The van der Waals surface area contributed by atoms with Crippen LogP contribution in [0.5, 0.6) is 0 Å². The van der Waals surface area contributed by atoms with Crippen molar-refractivity contribution >= 4 is 0 Å². The van der Waals surface area contributed by atoms with Gasteiger partial charge in [0.2, 0.25) is 0 Å². The van der Waals surface area contributed by atoms with Gasteiger partial charge in [-0.25, -0.2) is 0 Å². The van der Waals surface area contributed by atoms with E-state index in [-0.39, 0.29) is 6.10 Å². The zero-order chi connectivity index (χ0) is 13.9. The Morgan fingerprint density at radius 3 is 2.89 bits per heavy atom. The lowest BCUT2D eigenvalue weighted by atomic mass is 9.79. The van der Waals surface area contributed by atoms with Crippen LogP contribution >= 0.6 is 0 Å². The van der Waals surface area contributed by atoms with E-state index in [1.807, 2.05) is 4.68 Å². The van der Waals surface area contributed by atoms with E-state index in [4.69, 9.17) is 4.74 Å². The molecule has 0 aromatic carbocycles. The second-order valence-corrected chi connectivity index (χ2v) is 5.55. The van der Waals surface area contributed by atoms with Crippen molar-refractivity contribution in [1.29, 1.82) is 0 Å². The topological polar surface area (TPSA) is 47.3 Å². The van der Waals surface area contributed by atoms with Gasteiger partial charge in [-0.2, -0.15) is 5.10 Å². The van der Waals surface area contributed by atoms with Gasteiger partial charge in [-0.1, -0.05) is 19.8 Å². The number of hydrogen-bond acceptors (Lipinski definition) is 3. The number of aryl methyl sites for hydroxylation is 2. The van der Waals surface area contributed by atoms with Crippen LogP contribution < -0.4 is 0 Å². The van der Waals surface area contributed by atoms with E-state index >= 15 is 0 Å². The average molecular weight is 266 g/mol. The summed E-state index contributed by atoms with van der Waals surface area (Å²) in [7, 11) is 1.70. The summed E-state index contributed by atoms with van der Waals surface area (Å²) in [4.78, 5) is 0. The highest BCUT2D eigenvalue weighted by molar-refractivity contribution is 5.14. The third kappa shape index (κ3) is 3.00. The molecule has 0 saturated heterocycles. The van der Waals surface area contributed by atoms with Crippen LogP contribution in [-0.2, 0) is 24.1 Å². The maximum Gasteiger partial charge on any atom is 0.0963 e. The molecule has 2 unspecified atom stereocenters. The summed E-state index contributed by atoms with van der Waals surface area (Å²) in [6, 6.07) is 2.13. The van der Waals surface area contributed by atoms with Crippen LogP contribution in [0.2, 0.25) is 0 Å². The molecule has 0 aliphatic heterocycles. The maximum atomic E-state index is 10.9. The van der Waals surface area contributed by atoms with Crippen LogP contribution in [0.15, 0.2) is 6.07 Å². The van der Waals surface area contributed by atoms with E-state index in [0.717, 1.165) is 50.0 Å². The standard InChI is InChI=1S/C15H26N2O2/c1-4-12-10-13(17(5-2)16-12)11-15(18)9-7-6-8-14(15)19-3/h10,14,18H,4-9,11H2,1-3H3. The summed E-state index contributed by atoms with van der Waals surface area (Å²) < 4.78 is 7.52. The lowest BCUT2D eigenvalue weighted by molar-refractivity contribution is -0.116. The average Bonchev–Trinajstić information content (AvgIpc) is 2.81. The zero-order valence-corrected chi connectivity index (χ0v) is 12.4. The molecule has 1 fully saturated rings. The Morgan fingerprint density at radius 1 is 1.47 bits per heavy atom. The Balaban J connectivity index is 2.20. The lowest BCUT2D eigenvalue weighted by Gasteiger charge is -2.39. The Labute approximate surface area is 115 Å². The van der Waals surface area contributed by atoms with Crippen LogP contribution in [-0.4, -0.2) is 33.7 Å². The normalized spacial score (nSPS) is 27.7. The number of aliphatic hydroxyl groups is 1. The molecule has 1 heterocycles. The van der Waals surface area contributed by atoms with E-state index in [0.29, 0.717) is 6.42 Å². The fourth-order valence-electron chi connectivity index (χ4n) is 3.15. The molecular weight excluding hydrogens is 240 g/mol. The molecule has 1 saturated carbocycles. The summed E-state index contributed by atoms with van der Waals surface area (Å²) in [5.41, 5.74) is 1.50. The molecular formula is C15H26N2O2. The second kappa shape index (κ2) is 6.06. The summed E-state index contributed by atoms with van der Waals surface area (Å²) in [5.74, 6) is 0. The molecule has 19 heavy (non-hydrogen) atoms. The van der Waals surface area contributed by atoms with Crippen molar-refractivity contribution in [1.82, 2.24) is 9.78 Å². The highest BCUT2D eigenvalue weighted by Crippen LogP contribution is 2.33. The molecule has 0 bridgehead atoms. The number of ether oxygens (including phenoxy) is 1. The second-order valence-electron chi connectivity index (χ2n) is 5.55. The predicted octanol–water partition coefficient (Wildman–Crippen LogP) is 2.33. The summed E-state index contributed by atoms with van der Waals surface area (Å²) in [5, 5.41) is 15.5. The monoisotopic (exact) mass is 266 g/mol. The summed E-state index contributed by atoms with van der Waals surface area (Å²) >= 11 is 0. The Morgan fingerprint density at radius 2 is 2.26 bits per heavy atom. The fourth-order valence-corrected chi connectivity index (χ4v) is 3.15. The molecule has 4 heteroatoms. The molecule has 0 amide bonds. The van der Waals surface area contributed by atoms with Crippen molar-refractivity contribution in [2.75, 3.05) is 7.11 Å². The largest absolute Gasteiger partial charge is 0.387 e. The molecule has 1 aliphatic carbocycles. The van der Waals surface area contributed by atoms with Crippen molar-refractivity contribution in [3.05, 3.63) is 17.5 Å². The van der Waals surface area contributed by atoms with E-state index in [9.17, 15) is 5.11 Å². The van der Waals surface area contributed by atoms with Gasteiger partial charge in [-0.15, -0.1) is 0 Å². The lowest BCUT2D eigenvalue weighted by Crippen LogP contribution is -2.48. The minimum absolute atomic E-state index is 0.0495. The smallest absolute Gasteiger partial charge is 0.0963 e. The van der Waals surface area contributed by atoms with Gasteiger partial charge in [0, 0.05) is 25.8 Å². The molecule has 0 radical (unpaired) electrons. The molecule has 108 valence electrons. The third-order valence-corrected chi connectivity index (χ3v) is 4.27. The summed E-state index contributed by atoms with van der Waals surface area (Å²) in [6.45, 7) is 5.05. The van der Waals surface area contributed by atoms with Gasteiger partial charge in [-0.3, -0.25) is 4.68 Å². The Kier molecular flexibility index (Phi) is 4.63. The fraction of sp³-hybridized carbons (Fsp3) is 0.800. The zero-order valence-electron chi connectivity index (χ0n) is 12.4. The van der Waals surface area contributed by atoms with Gasteiger partial charge in [0.05, 0.1) is 17.4 Å². The number of methoxy groups -OCH3 is 1. The highest BCUT2D eigenvalue weighted by Gasteiger charge is 2.40. The van der Waals surface area contributed by atoms with Gasteiger partial charge in [0.15, 0.2) is 0 Å². The van der Waals surface area contributed by atoms with Gasteiger partial charge < -0.3 is 9.84 Å². The van der Waals surface area contributed by atoms with E-state index in [1.54, 1.807) is 7.11 Å².